The number of aryl methyl sites for hydroxylation is 1. The largest absolute Gasteiger partial charge is 0.543 e. The quantitative estimate of drug-likeness (QED) is 0.254. The van der Waals surface area contributed by atoms with Crippen LogP contribution in [-0.2, 0) is 0 Å². The number of hydrogen-bond donors (Lipinski definition) is 1. The molecule has 3 rings (SSSR count). The highest BCUT2D eigenvalue weighted by Gasteiger charge is 2.45. The predicted molar refractivity (Wildman–Crippen MR) is 129 cm³/mol. The van der Waals surface area contributed by atoms with Crippen molar-refractivity contribution in [2.24, 2.45) is 5.92 Å². The number of rotatable bonds is 6. The van der Waals surface area contributed by atoms with Gasteiger partial charge in [0, 0.05) is 10.8 Å². The van der Waals surface area contributed by atoms with Crippen molar-refractivity contribution in [3.63, 3.8) is 0 Å². The van der Waals surface area contributed by atoms with Crippen LogP contribution in [0.5, 0.6) is 17.2 Å². The van der Waals surface area contributed by atoms with Gasteiger partial charge in [-0.3, -0.25) is 0 Å². The first-order chi connectivity index (χ1) is 14.4. The van der Waals surface area contributed by atoms with E-state index in [1.807, 2.05) is 31.2 Å². The highest BCUT2D eigenvalue weighted by atomic mass is 28.4. The number of ether oxygens (including phenoxy) is 1. The molecule has 164 valence electrons. The molecule has 0 atom stereocenters. The van der Waals surface area contributed by atoms with Crippen molar-refractivity contribution in [1.29, 1.82) is 0 Å². The number of phenolic OH excluding ortho intramolecular Hbond substituents is 1. The average molecular weight is 437 g/mol. The van der Waals surface area contributed by atoms with Gasteiger partial charge in [0.1, 0.15) is 22.8 Å². The number of hydrogen-bond acceptors (Lipinski definition) is 4. The zero-order chi connectivity index (χ0) is 23.0. The third-order valence-electron chi connectivity index (χ3n) is 6.76. The van der Waals surface area contributed by atoms with Gasteiger partial charge in [-0.15, -0.1) is 0 Å². The molecule has 4 nitrogen and oxygen atoms in total. The highest BCUT2D eigenvalue weighted by Crippen LogP contribution is 2.47. The molecule has 3 aromatic rings. The van der Waals surface area contributed by atoms with E-state index < -0.39 is 14.3 Å². The molecule has 5 heteroatoms. The maximum atomic E-state index is 12.9. The number of aromatic hydroxyl groups is 1. The summed E-state index contributed by atoms with van der Waals surface area (Å²) in [5.41, 5.74) is 1.15. The van der Waals surface area contributed by atoms with Crippen LogP contribution in [0.15, 0.2) is 54.6 Å². The van der Waals surface area contributed by atoms with Gasteiger partial charge in [-0.2, -0.15) is 0 Å². The summed E-state index contributed by atoms with van der Waals surface area (Å²) in [4.78, 5) is 12.9. The van der Waals surface area contributed by atoms with Gasteiger partial charge in [-0.05, 0) is 55.2 Å². The molecule has 0 saturated heterocycles. The van der Waals surface area contributed by atoms with Crippen molar-refractivity contribution in [3.05, 3.63) is 65.7 Å². The molecule has 0 saturated carbocycles. The fraction of sp³-hybridized carbons (Fsp3) is 0.346. The van der Waals surface area contributed by atoms with E-state index in [2.05, 4.69) is 40.8 Å². The molecular formula is C26H32O4Si. The predicted octanol–water partition coefficient (Wildman–Crippen LogP) is 7.09. The molecule has 31 heavy (non-hydrogen) atoms. The monoisotopic (exact) mass is 436 g/mol. The van der Waals surface area contributed by atoms with Crippen LogP contribution in [0.4, 0.5) is 0 Å². The molecule has 1 N–H and O–H groups in total. The first-order valence-corrected chi connectivity index (χ1v) is 13.6. The Labute approximate surface area is 186 Å². The zero-order valence-electron chi connectivity index (χ0n) is 19.4. The Balaban J connectivity index is 2.13. The van der Waals surface area contributed by atoms with Gasteiger partial charge in [0.05, 0.1) is 0 Å². The molecule has 0 aromatic heterocycles. The van der Waals surface area contributed by atoms with E-state index in [9.17, 15) is 9.90 Å². The van der Waals surface area contributed by atoms with Gasteiger partial charge < -0.3 is 14.3 Å². The Morgan fingerprint density at radius 3 is 2.26 bits per heavy atom. The van der Waals surface area contributed by atoms with Gasteiger partial charge in [0.25, 0.3) is 8.32 Å². The van der Waals surface area contributed by atoms with Crippen LogP contribution < -0.4 is 9.16 Å². The Kier molecular flexibility index (Phi) is 6.19. The molecule has 0 fully saturated rings. The Morgan fingerprint density at radius 2 is 1.65 bits per heavy atom. The lowest BCUT2D eigenvalue weighted by Crippen LogP contribution is -2.48. The SMILES string of the molecule is Cc1ccc2c(O)c(C(=O)Oc3ccccc3)cc(O[Si](C)(C)C(C)(C)C(C)C)c2c1. The van der Waals surface area contributed by atoms with Crippen molar-refractivity contribution in [3.8, 4) is 17.2 Å². The van der Waals surface area contributed by atoms with Crippen LogP contribution in [0, 0.1) is 12.8 Å². The minimum absolute atomic E-state index is 0.00819. The Morgan fingerprint density at radius 1 is 1.00 bits per heavy atom. The third-order valence-corrected chi connectivity index (χ3v) is 11.2. The zero-order valence-corrected chi connectivity index (χ0v) is 20.4. The summed E-state index contributed by atoms with van der Waals surface area (Å²) in [6, 6.07) is 16.2. The van der Waals surface area contributed by atoms with Crippen LogP contribution in [0.3, 0.4) is 0 Å². The molecule has 0 aliphatic rings. The second-order valence-electron chi connectivity index (χ2n) is 9.51. The summed E-state index contributed by atoms with van der Waals surface area (Å²) in [7, 11) is -2.25. The lowest BCUT2D eigenvalue weighted by atomic mass is 9.99. The fourth-order valence-electron chi connectivity index (χ4n) is 3.48. The lowest BCUT2D eigenvalue weighted by Gasteiger charge is -2.42. The first-order valence-electron chi connectivity index (χ1n) is 10.7. The van der Waals surface area contributed by atoms with Crippen molar-refractivity contribution in [2.75, 3.05) is 0 Å². The van der Waals surface area contributed by atoms with E-state index in [4.69, 9.17) is 9.16 Å². The molecule has 0 bridgehead atoms. The number of esters is 1. The minimum Gasteiger partial charge on any atom is -0.543 e. The maximum Gasteiger partial charge on any atom is 0.347 e. The van der Waals surface area contributed by atoms with Gasteiger partial charge >= 0.3 is 5.97 Å². The van der Waals surface area contributed by atoms with Crippen molar-refractivity contribution < 1.29 is 19.1 Å². The highest BCUT2D eigenvalue weighted by molar-refractivity contribution is 6.75. The summed E-state index contributed by atoms with van der Waals surface area (Å²) in [6.07, 6.45) is 0. The minimum atomic E-state index is -2.25. The molecule has 0 heterocycles. The van der Waals surface area contributed by atoms with Crippen molar-refractivity contribution in [2.45, 2.75) is 52.8 Å². The maximum absolute atomic E-state index is 12.9. The third kappa shape index (κ3) is 4.47. The fourth-order valence-corrected chi connectivity index (χ4v) is 5.86. The summed E-state index contributed by atoms with van der Waals surface area (Å²) in [6.45, 7) is 15.3. The summed E-state index contributed by atoms with van der Waals surface area (Å²) in [5.74, 6) is 0.766. The number of phenols is 1. The van der Waals surface area contributed by atoms with E-state index in [-0.39, 0.29) is 16.4 Å². The second-order valence-corrected chi connectivity index (χ2v) is 14.0. The normalized spacial score (nSPS) is 12.3. The van der Waals surface area contributed by atoms with Crippen LogP contribution >= 0.6 is 0 Å². The van der Waals surface area contributed by atoms with Gasteiger partial charge in [0.2, 0.25) is 0 Å². The summed E-state index contributed by atoms with van der Waals surface area (Å²) >= 11 is 0. The van der Waals surface area contributed by atoms with Gasteiger partial charge in [-0.1, -0.05) is 63.6 Å². The van der Waals surface area contributed by atoms with Gasteiger partial charge in [0.15, 0.2) is 0 Å². The lowest BCUT2D eigenvalue weighted by molar-refractivity contribution is 0.0731. The van der Waals surface area contributed by atoms with Crippen LogP contribution in [-0.4, -0.2) is 19.4 Å². The second kappa shape index (κ2) is 8.38. The number of para-hydroxylation sites is 1. The standard InChI is InChI=1S/C26H32O4Si/c1-17(2)26(4,5)31(6,7)30-23-16-22(25(28)29-19-11-9-8-10-12-19)24(27)20-14-13-18(3)15-21(20)23/h8-17,27H,1-7H3. The number of benzene rings is 3. The van der Waals surface area contributed by atoms with E-state index in [1.165, 1.54) is 0 Å². The summed E-state index contributed by atoms with van der Waals surface area (Å²) in [5, 5.41) is 12.3. The first kappa shape index (κ1) is 22.9. The molecule has 0 amide bonds. The topological polar surface area (TPSA) is 55.8 Å². The van der Waals surface area contributed by atoms with E-state index in [0.29, 0.717) is 22.8 Å². The van der Waals surface area contributed by atoms with E-state index >= 15 is 0 Å². The number of carbonyl (C=O) groups excluding carboxylic acids is 1. The molecule has 3 aromatic carbocycles. The number of carbonyl (C=O) groups is 1. The van der Waals surface area contributed by atoms with Crippen molar-refractivity contribution >= 4 is 25.1 Å². The van der Waals surface area contributed by atoms with Gasteiger partial charge in [-0.25, -0.2) is 4.79 Å². The van der Waals surface area contributed by atoms with Crippen molar-refractivity contribution in [1.82, 2.24) is 0 Å². The Bertz CT molecular complexity index is 1100. The molecule has 0 unspecified atom stereocenters. The molecule has 0 aliphatic carbocycles. The Hall–Kier alpha value is -2.79. The van der Waals surface area contributed by atoms with E-state index in [0.717, 1.165) is 10.9 Å². The molecule has 0 spiro atoms. The van der Waals surface area contributed by atoms with Crippen LogP contribution in [0.1, 0.15) is 43.6 Å². The number of fused-ring (bicyclic) bond motifs is 1. The molecule has 0 radical (unpaired) electrons. The van der Waals surface area contributed by atoms with Crippen LogP contribution in [0.25, 0.3) is 10.8 Å². The van der Waals surface area contributed by atoms with E-state index in [1.54, 1.807) is 30.3 Å². The average Bonchev–Trinajstić information content (AvgIpc) is 2.70. The molecule has 0 aliphatic heterocycles. The molecular weight excluding hydrogens is 404 g/mol. The smallest absolute Gasteiger partial charge is 0.347 e. The van der Waals surface area contributed by atoms with Crippen LogP contribution in [0.2, 0.25) is 18.1 Å². The summed E-state index contributed by atoms with van der Waals surface area (Å²) < 4.78 is 12.2.